The van der Waals surface area contributed by atoms with Gasteiger partial charge in [-0.25, -0.2) is 4.68 Å². The largest absolute Gasteiger partial charge is 0.220 e. The van der Waals surface area contributed by atoms with Crippen molar-refractivity contribution >= 4 is 34.8 Å². The third-order valence-electron chi connectivity index (χ3n) is 3.91. The van der Waals surface area contributed by atoms with Crippen LogP contribution in [0.1, 0.15) is 42.9 Å². The Balaban J connectivity index is 2.11. The van der Waals surface area contributed by atoms with E-state index < -0.39 is 0 Å². The molecule has 20 heavy (non-hydrogen) atoms. The Labute approximate surface area is 133 Å². The number of hydrogen-bond donors (Lipinski definition) is 0. The second-order valence-electron chi connectivity index (χ2n) is 5.13. The first-order valence-electron chi connectivity index (χ1n) is 6.80. The summed E-state index contributed by atoms with van der Waals surface area (Å²) in [6.45, 7) is 0. The Hall–Kier alpha value is -0.700. The predicted octanol–water partition coefficient (Wildman–Crippen LogP) is 5.58. The minimum Gasteiger partial charge on any atom is -0.220 e. The highest BCUT2D eigenvalue weighted by Crippen LogP contribution is 2.39. The SMILES string of the molecule is ClCc1c(C2CCCC2)nn(-c2ccccc2Cl)c1Cl. The maximum absolute atomic E-state index is 6.47. The molecular formula is C15H15Cl3N2. The molecule has 1 saturated carbocycles. The first-order chi connectivity index (χ1) is 9.72. The maximum atomic E-state index is 6.47. The summed E-state index contributed by atoms with van der Waals surface area (Å²) in [6.07, 6.45) is 4.84. The van der Waals surface area contributed by atoms with Crippen LogP contribution in [0.15, 0.2) is 24.3 Å². The number of rotatable bonds is 3. The zero-order valence-corrected chi connectivity index (χ0v) is 13.2. The van der Waals surface area contributed by atoms with Crippen molar-refractivity contribution in [3.8, 4) is 5.69 Å². The zero-order chi connectivity index (χ0) is 14.1. The Morgan fingerprint density at radius 3 is 2.50 bits per heavy atom. The van der Waals surface area contributed by atoms with Gasteiger partial charge in [0.1, 0.15) is 5.15 Å². The highest BCUT2D eigenvalue weighted by atomic mass is 35.5. The molecule has 2 aromatic rings. The van der Waals surface area contributed by atoms with Crippen LogP contribution in [0.3, 0.4) is 0 Å². The minimum absolute atomic E-state index is 0.384. The van der Waals surface area contributed by atoms with E-state index in [1.54, 1.807) is 4.68 Å². The highest BCUT2D eigenvalue weighted by Gasteiger charge is 2.26. The summed E-state index contributed by atoms with van der Waals surface area (Å²) >= 11 is 18.8. The molecule has 0 aliphatic heterocycles. The summed E-state index contributed by atoms with van der Waals surface area (Å²) in [5, 5.41) is 5.92. The van der Waals surface area contributed by atoms with E-state index in [-0.39, 0.29) is 0 Å². The van der Waals surface area contributed by atoms with Crippen molar-refractivity contribution in [2.45, 2.75) is 37.5 Å². The standard InChI is InChI=1S/C15H15Cl3N2/c16-9-11-14(10-5-1-2-6-10)19-20(15(11)18)13-8-4-3-7-12(13)17/h3-4,7-8,10H,1-2,5-6,9H2. The average molecular weight is 330 g/mol. The molecule has 0 spiro atoms. The molecule has 1 aromatic heterocycles. The van der Waals surface area contributed by atoms with Gasteiger partial charge in [0, 0.05) is 11.5 Å². The lowest BCUT2D eigenvalue weighted by atomic mass is 10.0. The van der Waals surface area contributed by atoms with Crippen molar-refractivity contribution < 1.29 is 0 Å². The molecule has 106 valence electrons. The fourth-order valence-electron chi connectivity index (χ4n) is 2.88. The van der Waals surface area contributed by atoms with Crippen molar-refractivity contribution in [1.82, 2.24) is 9.78 Å². The molecule has 0 saturated heterocycles. The average Bonchev–Trinajstić information content (AvgIpc) is 3.07. The van der Waals surface area contributed by atoms with Crippen molar-refractivity contribution in [2.75, 3.05) is 0 Å². The van der Waals surface area contributed by atoms with Gasteiger partial charge < -0.3 is 0 Å². The molecule has 1 heterocycles. The van der Waals surface area contributed by atoms with E-state index in [9.17, 15) is 0 Å². The van der Waals surface area contributed by atoms with Crippen LogP contribution in [0.5, 0.6) is 0 Å². The van der Waals surface area contributed by atoms with Gasteiger partial charge in [-0.2, -0.15) is 5.10 Å². The van der Waals surface area contributed by atoms with Gasteiger partial charge in [0.15, 0.2) is 0 Å². The quantitative estimate of drug-likeness (QED) is 0.673. The molecule has 3 rings (SSSR count). The van der Waals surface area contributed by atoms with Gasteiger partial charge in [0.05, 0.1) is 22.3 Å². The minimum atomic E-state index is 0.384. The van der Waals surface area contributed by atoms with Gasteiger partial charge in [-0.15, -0.1) is 11.6 Å². The highest BCUT2D eigenvalue weighted by molar-refractivity contribution is 6.33. The summed E-state index contributed by atoms with van der Waals surface area (Å²) < 4.78 is 1.72. The third kappa shape index (κ3) is 2.45. The smallest absolute Gasteiger partial charge is 0.137 e. The summed E-state index contributed by atoms with van der Waals surface area (Å²) in [7, 11) is 0. The van der Waals surface area contributed by atoms with E-state index in [1.807, 2.05) is 24.3 Å². The maximum Gasteiger partial charge on any atom is 0.137 e. The molecule has 2 nitrogen and oxygen atoms in total. The predicted molar refractivity (Wildman–Crippen MR) is 84.4 cm³/mol. The molecule has 0 bridgehead atoms. The fraction of sp³-hybridized carbons (Fsp3) is 0.400. The summed E-state index contributed by atoms with van der Waals surface area (Å²) in [5.41, 5.74) is 2.79. The van der Waals surface area contributed by atoms with Crippen molar-refractivity contribution in [2.24, 2.45) is 0 Å². The molecule has 1 fully saturated rings. The number of alkyl halides is 1. The van der Waals surface area contributed by atoms with E-state index in [0.717, 1.165) is 16.9 Å². The van der Waals surface area contributed by atoms with Gasteiger partial charge in [0.2, 0.25) is 0 Å². The van der Waals surface area contributed by atoms with E-state index in [4.69, 9.17) is 39.9 Å². The second-order valence-corrected chi connectivity index (χ2v) is 6.17. The van der Waals surface area contributed by atoms with Crippen LogP contribution in [0.4, 0.5) is 0 Å². The van der Waals surface area contributed by atoms with Crippen LogP contribution in [-0.4, -0.2) is 9.78 Å². The topological polar surface area (TPSA) is 17.8 Å². The Morgan fingerprint density at radius 2 is 1.85 bits per heavy atom. The summed E-state index contributed by atoms with van der Waals surface area (Å²) in [5.74, 6) is 0.861. The third-order valence-corrected chi connectivity index (χ3v) is 4.88. The lowest BCUT2D eigenvalue weighted by Gasteiger charge is -2.06. The normalized spacial score (nSPS) is 15.9. The Kier molecular flexibility index (Phi) is 4.25. The first-order valence-corrected chi connectivity index (χ1v) is 8.09. The van der Waals surface area contributed by atoms with Gasteiger partial charge in [-0.1, -0.05) is 48.2 Å². The molecule has 5 heteroatoms. The Morgan fingerprint density at radius 1 is 1.15 bits per heavy atom. The van der Waals surface area contributed by atoms with Crippen LogP contribution in [0.25, 0.3) is 5.69 Å². The Bertz CT molecular complexity index is 616. The van der Waals surface area contributed by atoms with Crippen molar-refractivity contribution in [1.29, 1.82) is 0 Å². The summed E-state index contributed by atoms with van der Waals surface area (Å²) in [4.78, 5) is 0. The second kappa shape index (κ2) is 5.97. The molecule has 0 amide bonds. The van der Waals surface area contributed by atoms with Gasteiger partial charge in [-0.3, -0.25) is 0 Å². The monoisotopic (exact) mass is 328 g/mol. The number of benzene rings is 1. The fourth-order valence-corrected chi connectivity index (χ4v) is 3.72. The first kappa shape index (κ1) is 14.2. The molecule has 1 aliphatic carbocycles. The van der Waals surface area contributed by atoms with Crippen LogP contribution in [0.2, 0.25) is 10.2 Å². The number of nitrogens with zero attached hydrogens (tertiary/aromatic N) is 2. The van der Waals surface area contributed by atoms with E-state index >= 15 is 0 Å². The van der Waals surface area contributed by atoms with Gasteiger partial charge >= 0.3 is 0 Å². The van der Waals surface area contributed by atoms with Crippen LogP contribution in [0, 0.1) is 0 Å². The molecule has 0 unspecified atom stereocenters. The van der Waals surface area contributed by atoms with Gasteiger partial charge in [0.25, 0.3) is 0 Å². The number of halogens is 3. The van der Waals surface area contributed by atoms with E-state index in [2.05, 4.69) is 0 Å². The number of para-hydroxylation sites is 1. The number of hydrogen-bond acceptors (Lipinski definition) is 1. The van der Waals surface area contributed by atoms with Gasteiger partial charge in [-0.05, 0) is 25.0 Å². The van der Waals surface area contributed by atoms with Crippen molar-refractivity contribution in [3.63, 3.8) is 0 Å². The van der Waals surface area contributed by atoms with Crippen LogP contribution in [-0.2, 0) is 5.88 Å². The van der Waals surface area contributed by atoms with E-state index in [0.29, 0.717) is 22.0 Å². The van der Waals surface area contributed by atoms with Crippen LogP contribution >= 0.6 is 34.8 Å². The zero-order valence-electron chi connectivity index (χ0n) is 11.0. The van der Waals surface area contributed by atoms with E-state index in [1.165, 1.54) is 25.7 Å². The lowest BCUT2D eigenvalue weighted by Crippen LogP contribution is -2.00. The molecule has 0 N–H and O–H groups in total. The molecule has 1 aromatic carbocycles. The molecular weight excluding hydrogens is 315 g/mol. The molecule has 0 atom stereocenters. The number of aromatic nitrogens is 2. The summed E-state index contributed by atoms with van der Waals surface area (Å²) in [6, 6.07) is 7.57. The molecule has 1 aliphatic rings. The van der Waals surface area contributed by atoms with Crippen LogP contribution < -0.4 is 0 Å². The lowest BCUT2D eigenvalue weighted by molar-refractivity contribution is 0.675. The van der Waals surface area contributed by atoms with Crippen molar-refractivity contribution in [3.05, 3.63) is 45.7 Å². The molecule has 0 radical (unpaired) electrons.